The summed E-state index contributed by atoms with van der Waals surface area (Å²) in [6.07, 6.45) is -0.507. The van der Waals surface area contributed by atoms with E-state index in [2.05, 4.69) is 16.8 Å². The highest BCUT2D eigenvalue weighted by Gasteiger charge is 2.18. The van der Waals surface area contributed by atoms with E-state index in [-0.39, 0.29) is 0 Å². The van der Waals surface area contributed by atoms with Crippen molar-refractivity contribution in [3.05, 3.63) is 28.8 Å². The molecule has 0 aromatic heterocycles. The van der Waals surface area contributed by atoms with Gasteiger partial charge in [-0.25, -0.2) is 0 Å². The summed E-state index contributed by atoms with van der Waals surface area (Å²) in [7, 11) is 2.12. The van der Waals surface area contributed by atoms with Gasteiger partial charge in [-0.3, -0.25) is 4.90 Å². The molecule has 1 fully saturated rings. The Kier molecular flexibility index (Phi) is 4.45. The number of aliphatic hydroxyl groups excluding tert-OH is 1. The van der Waals surface area contributed by atoms with Crippen LogP contribution in [0.3, 0.4) is 0 Å². The number of hydrogen-bond donors (Lipinski definition) is 2. The third kappa shape index (κ3) is 3.36. The largest absolute Gasteiger partial charge is 0.398 e. The summed E-state index contributed by atoms with van der Waals surface area (Å²) in [6.45, 7) is 4.74. The van der Waals surface area contributed by atoms with Gasteiger partial charge < -0.3 is 15.7 Å². The highest BCUT2D eigenvalue weighted by molar-refractivity contribution is 6.33. The van der Waals surface area contributed by atoms with E-state index in [0.29, 0.717) is 17.3 Å². The molecule has 1 aliphatic heterocycles. The van der Waals surface area contributed by atoms with Gasteiger partial charge >= 0.3 is 0 Å². The summed E-state index contributed by atoms with van der Waals surface area (Å²) in [5.41, 5.74) is 7.10. The van der Waals surface area contributed by atoms with Gasteiger partial charge in [0, 0.05) is 32.7 Å². The van der Waals surface area contributed by atoms with E-state index in [1.807, 2.05) is 6.07 Å². The summed E-state index contributed by atoms with van der Waals surface area (Å²) in [6, 6.07) is 5.32. The maximum absolute atomic E-state index is 10.2. The van der Waals surface area contributed by atoms with Crippen LogP contribution in [0.2, 0.25) is 5.02 Å². The fourth-order valence-electron chi connectivity index (χ4n) is 2.15. The molecule has 1 saturated heterocycles. The zero-order chi connectivity index (χ0) is 13.1. The van der Waals surface area contributed by atoms with Crippen LogP contribution in [-0.4, -0.2) is 54.7 Å². The lowest BCUT2D eigenvalue weighted by Crippen LogP contribution is -2.45. The van der Waals surface area contributed by atoms with Gasteiger partial charge in [0.05, 0.1) is 16.8 Å². The minimum absolute atomic E-state index is 0.507. The molecule has 0 saturated carbocycles. The number of hydrogen-bond acceptors (Lipinski definition) is 4. The number of anilines is 1. The van der Waals surface area contributed by atoms with Crippen LogP contribution in [0.25, 0.3) is 0 Å². The van der Waals surface area contributed by atoms with E-state index in [1.165, 1.54) is 0 Å². The molecule has 1 aromatic carbocycles. The van der Waals surface area contributed by atoms with Gasteiger partial charge in [0.2, 0.25) is 0 Å². The van der Waals surface area contributed by atoms with Crippen molar-refractivity contribution in [1.82, 2.24) is 9.80 Å². The average Bonchev–Trinajstić information content (AvgIpc) is 2.35. The first-order chi connectivity index (χ1) is 8.56. The smallest absolute Gasteiger partial charge is 0.0917 e. The molecule has 0 bridgehead atoms. The van der Waals surface area contributed by atoms with E-state index in [1.54, 1.807) is 12.1 Å². The van der Waals surface area contributed by atoms with Crippen molar-refractivity contribution in [1.29, 1.82) is 0 Å². The molecule has 18 heavy (non-hydrogen) atoms. The molecule has 1 aliphatic rings. The number of nitrogen functional groups attached to an aromatic ring is 1. The molecular weight excluding hydrogens is 250 g/mol. The van der Waals surface area contributed by atoms with E-state index in [0.717, 1.165) is 31.7 Å². The number of rotatable bonds is 3. The Hall–Kier alpha value is -0.810. The Balaban J connectivity index is 1.94. The van der Waals surface area contributed by atoms with Crippen molar-refractivity contribution in [2.75, 3.05) is 45.5 Å². The number of nitrogens with two attached hydrogens (primary N) is 1. The summed E-state index contributed by atoms with van der Waals surface area (Å²) in [4.78, 5) is 4.57. The van der Waals surface area contributed by atoms with Crippen LogP contribution in [-0.2, 0) is 0 Å². The minimum Gasteiger partial charge on any atom is -0.398 e. The zero-order valence-electron chi connectivity index (χ0n) is 10.6. The van der Waals surface area contributed by atoms with E-state index in [4.69, 9.17) is 17.3 Å². The molecule has 100 valence electrons. The lowest BCUT2D eigenvalue weighted by Gasteiger charge is -2.33. The summed E-state index contributed by atoms with van der Waals surface area (Å²) in [5.74, 6) is 0. The molecule has 0 amide bonds. The number of benzene rings is 1. The van der Waals surface area contributed by atoms with Gasteiger partial charge in [0.15, 0.2) is 0 Å². The fourth-order valence-corrected chi connectivity index (χ4v) is 2.27. The van der Waals surface area contributed by atoms with Gasteiger partial charge in [-0.05, 0) is 24.7 Å². The van der Waals surface area contributed by atoms with Crippen LogP contribution in [0.5, 0.6) is 0 Å². The zero-order valence-corrected chi connectivity index (χ0v) is 11.4. The predicted octanol–water partition coefficient (Wildman–Crippen LogP) is 1.20. The van der Waals surface area contributed by atoms with E-state index >= 15 is 0 Å². The second kappa shape index (κ2) is 5.89. The molecule has 2 rings (SSSR count). The Bertz CT molecular complexity index is 405. The normalized spacial score (nSPS) is 19.9. The molecule has 1 aromatic rings. The molecule has 1 heterocycles. The monoisotopic (exact) mass is 269 g/mol. The first-order valence-corrected chi connectivity index (χ1v) is 6.58. The van der Waals surface area contributed by atoms with E-state index in [9.17, 15) is 5.11 Å². The maximum atomic E-state index is 10.2. The molecule has 4 nitrogen and oxygen atoms in total. The quantitative estimate of drug-likeness (QED) is 0.810. The number of likely N-dealkylation sites (N-methyl/N-ethyl adjacent to an activating group) is 1. The van der Waals surface area contributed by atoms with Gasteiger partial charge in [-0.1, -0.05) is 17.7 Å². The van der Waals surface area contributed by atoms with Crippen molar-refractivity contribution in [2.45, 2.75) is 6.10 Å². The molecule has 0 radical (unpaired) electrons. The predicted molar refractivity (Wildman–Crippen MR) is 74.8 cm³/mol. The Labute approximate surface area is 113 Å². The maximum Gasteiger partial charge on any atom is 0.0917 e. The van der Waals surface area contributed by atoms with Gasteiger partial charge in [0.25, 0.3) is 0 Å². The highest BCUT2D eigenvalue weighted by Crippen LogP contribution is 2.24. The first-order valence-electron chi connectivity index (χ1n) is 6.20. The SMILES string of the molecule is CN1CCN(CC(O)c2ccc(Cl)c(N)c2)CC1. The Morgan fingerprint density at radius 2 is 2.00 bits per heavy atom. The third-order valence-electron chi connectivity index (χ3n) is 3.43. The van der Waals surface area contributed by atoms with Crippen LogP contribution >= 0.6 is 11.6 Å². The van der Waals surface area contributed by atoms with Crippen molar-refractivity contribution in [3.63, 3.8) is 0 Å². The second-order valence-electron chi connectivity index (χ2n) is 4.90. The minimum atomic E-state index is -0.507. The molecular formula is C13H20ClN3O. The number of piperazine rings is 1. The number of β-amino-alcohol motifs (C(OH)–C–C–N with tert-alkyl or cyclic N) is 1. The topological polar surface area (TPSA) is 52.7 Å². The van der Waals surface area contributed by atoms with Crippen molar-refractivity contribution < 1.29 is 5.11 Å². The van der Waals surface area contributed by atoms with E-state index < -0.39 is 6.10 Å². The molecule has 0 spiro atoms. The molecule has 3 N–H and O–H groups in total. The van der Waals surface area contributed by atoms with Crippen molar-refractivity contribution in [3.8, 4) is 0 Å². The number of nitrogens with zero attached hydrogens (tertiary/aromatic N) is 2. The lowest BCUT2D eigenvalue weighted by atomic mass is 10.1. The molecule has 5 heteroatoms. The standard InChI is InChI=1S/C13H20ClN3O/c1-16-4-6-17(7-5-16)9-13(18)10-2-3-11(14)12(15)8-10/h2-3,8,13,18H,4-7,9,15H2,1H3. The van der Waals surface area contributed by atoms with Crippen molar-refractivity contribution >= 4 is 17.3 Å². The van der Waals surface area contributed by atoms with Crippen LogP contribution in [0.1, 0.15) is 11.7 Å². The lowest BCUT2D eigenvalue weighted by molar-refractivity contribution is 0.0805. The number of aliphatic hydroxyl groups is 1. The average molecular weight is 270 g/mol. The van der Waals surface area contributed by atoms with Crippen molar-refractivity contribution in [2.24, 2.45) is 0 Å². The Morgan fingerprint density at radius 3 is 2.61 bits per heavy atom. The Morgan fingerprint density at radius 1 is 1.33 bits per heavy atom. The number of halogens is 1. The summed E-state index contributed by atoms with van der Waals surface area (Å²) in [5, 5.41) is 10.7. The fraction of sp³-hybridized carbons (Fsp3) is 0.538. The second-order valence-corrected chi connectivity index (χ2v) is 5.31. The molecule has 1 unspecified atom stereocenters. The highest BCUT2D eigenvalue weighted by atomic mass is 35.5. The van der Waals surface area contributed by atoms with Crippen LogP contribution < -0.4 is 5.73 Å². The first kappa shape index (κ1) is 13.6. The van der Waals surface area contributed by atoms with Crippen LogP contribution in [0, 0.1) is 0 Å². The van der Waals surface area contributed by atoms with Crippen LogP contribution in [0.15, 0.2) is 18.2 Å². The van der Waals surface area contributed by atoms with Gasteiger partial charge in [0.1, 0.15) is 0 Å². The van der Waals surface area contributed by atoms with Gasteiger partial charge in [-0.2, -0.15) is 0 Å². The molecule has 1 atom stereocenters. The summed E-state index contributed by atoms with van der Waals surface area (Å²) < 4.78 is 0. The summed E-state index contributed by atoms with van der Waals surface area (Å²) >= 11 is 5.87. The van der Waals surface area contributed by atoms with Gasteiger partial charge in [-0.15, -0.1) is 0 Å². The molecule has 0 aliphatic carbocycles. The third-order valence-corrected chi connectivity index (χ3v) is 3.78. The van der Waals surface area contributed by atoms with Crippen LogP contribution in [0.4, 0.5) is 5.69 Å².